The average molecular weight is 422 g/mol. The van der Waals surface area contributed by atoms with Crippen molar-refractivity contribution >= 4 is 23.2 Å². The third-order valence-corrected chi connectivity index (χ3v) is 5.88. The summed E-state index contributed by atoms with van der Waals surface area (Å²) in [6.07, 6.45) is 7.06. The molecule has 5 heteroatoms. The molecule has 2 aromatic carbocycles. The van der Waals surface area contributed by atoms with E-state index >= 15 is 0 Å². The lowest BCUT2D eigenvalue weighted by atomic mass is 10.1. The Balaban J connectivity index is 1.74. The third-order valence-electron chi connectivity index (χ3n) is 5.88. The summed E-state index contributed by atoms with van der Waals surface area (Å²) >= 11 is 0. The summed E-state index contributed by atoms with van der Waals surface area (Å²) in [4.78, 5) is 27.8. The second-order valence-electron chi connectivity index (χ2n) is 8.39. The molecule has 5 nitrogen and oxygen atoms in total. The first-order valence-corrected chi connectivity index (χ1v) is 11.6. The van der Waals surface area contributed by atoms with Gasteiger partial charge in [0.25, 0.3) is 5.91 Å². The quantitative estimate of drug-likeness (QED) is 0.485. The Morgan fingerprint density at radius 1 is 1.00 bits per heavy atom. The van der Waals surface area contributed by atoms with E-state index in [2.05, 4.69) is 22.5 Å². The van der Waals surface area contributed by atoms with E-state index in [4.69, 9.17) is 0 Å². The van der Waals surface area contributed by atoms with Gasteiger partial charge >= 0.3 is 0 Å². The second kappa shape index (κ2) is 11.5. The SMILES string of the molecule is CCCCCCC(=O)Nc1ccc(N2CCCC2)c(C(=O)NC(C)c2ccccc2)c1. The molecule has 0 bridgehead atoms. The predicted octanol–water partition coefficient (Wildman–Crippen LogP) is 5.69. The van der Waals surface area contributed by atoms with Crippen LogP contribution in [0.15, 0.2) is 48.5 Å². The lowest BCUT2D eigenvalue weighted by Crippen LogP contribution is -2.29. The number of anilines is 2. The molecule has 1 fully saturated rings. The highest BCUT2D eigenvalue weighted by molar-refractivity contribution is 6.02. The lowest BCUT2D eigenvalue weighted by Gasteiger charge is -2.23. The van der Waals surface area contributed by atoms with Crippen molar-refractivity contribution in [2.24, 2.45) is 0 Å². The summed E-state index contributed by atoms with van der Waals surface area (Å²) in [5.74, 6) is -0.105. The molecule has 1 unspecified atom stereocenters. The van der Waals surface area contributed by atoms with Gasteiger partial charge in [0.05, 0.1) is 11.6 Å². The fourth-order valence-electron chi connectivity index (χ4n) is 4.06. The van der Waals surface area contributed by atoms with Crippen LogP contribution in [0.3, 0.4) is 0 Å². The monoisotopic (exact) mass is 421 g/mol. The highest BCUT2D eigenvalue weighted by atomic mass is 16.2. The molecule has 1 saturated heterocycles. The van der Waals surface area contributed by atoms with Gasteiger partial charge < -0.3 is 15.5 Å². The van der Waals surface area contributed by atoms with Crippen LogP contribution < -0.4 is 15.5 Å². The number of nitrogens with one attached hydrogen (secondary N) is 2. The Labute approximate surface area is 186 Å². The van der Waals surface area contributed by atoms with Gasteiger partial charge in [0, 0.05) is 30.9 Å². The number of hydrogen-bond acceptors (Lipinski definition) is 3. The number of rotatable bonds is 10. The minimum atomic E-state index is -0.114. The van der Waals surface area contributed by atoms with Crippen LogP contribution in [0.5, 0.6) is 0 Å². The van der Waals surface area contributed by atoms with Crippen molar-refractivity contribution in [3.63, 3.8) is 0 Å². The fourth-order valence-corrected chi connectivity index (χ4v) is 4.06. The molecule has 2 N–H and O–H groups in total. The Hall–Kier alpha value is -2.82. The maximum absolute atomic E-state index is 13.2. The molecule has 2 amide bonds. The topological polar surface area (TPSA) is 61.4 Å². The molecule has 1 aliphatic rings. The summed E-state index contributed by atoms with van der Waals surface area (Å²) in [7, 11) is 0. The molecule has 1 atom stereocenters. The summed E-state index contributed by atoms with van der Waals surface area (Å²) in [6, 6.07) is 15.6. The third kappa shape index (κ3) is 6.58. The highest BCUT2D eigenvalue weighted by Crippen LogP contribution is 2.28. The maximum Gasteiger partial charge on any atom is 0.253 e. The Bertz CT molecular complexity index is 860. The zero-order valence-electron chi connectivity index (χ0n) is 18.8. The molecule has 0 aliphatic carbocycles. The van der Waals surface area contributed by atoms with Crippen molar-refractivity contribution in [2.45, 2.75) is 64.8 Å². The first kappa shape index (κ1) is 22.9. The van der Waals surface area contributed by atoms with Crippen molar-refractivity contribution in [1.82, 2.24) is 5.32 Å². The average Bonchev–Trinajstić information content (AvgIpc) is 3.32. The molecule has 0 spiro atoms. The van der Waals surface area contributed by atoms with Gasteiger partial charge in [-0.2, -0.15) is 0 Å². The van der Waals surface area contributed by atoms with E-state index in [1.165, 1.54) is 0 Å². The van der Waals surface area contributed by atoms with Gasteiger partial charge in [-0.05, 0) is 49.9 Å². The van der Waals surface area contributed by atoms with E-state index < -0.39 is 0 Å². The van der Waals surface area contributed by atoms with E-state index in [0.717, 1.165) is 62.9 Å². The number of unbranched alkanes of at least 4 members (excludes halogenated alkanes) is 3. The number of nitrogens with zero attached hydrogens (tertiary/aromatic N) is 1. The smallest absolute Gasteiger partial charge is 0.253 e. The molecule has 1 heterocycles. The molecular formula is C26H35N3O2. The van der Waals surface area contributed by atoms with Crippen molar-refractivity contribution in [3.05, 3.63) is 59.7 Å². The van der Waals surface area contributed by atoms with Crippen LogP contribution in [0.4, 0.5) is 11.4 Å². The number of carbonyl (C=O) groups is 2. The van der Waals surface area contributed by atoms with Gasteiger partial charge in [0.1, 0.15) is 0 Å². The van der Waals surface area contributed by atoms with Crippen LogP contribution in [-0.2, 0) is 4.79 Å². The molecule has 31 heavy (non-hydrogen) atoms. The summed E-state index contributed by atoms with van der Waals surface area (Å²) < 4.78 is 0. The van der Waals surface area contributed by atoms with Crippen molar-refractivity contribution in [2.75, 3.05) is 23.3 Å². The van der Waals surface area contributed by atoms with Gasteiger partial charge in [0.2, 0.25) is 5.91 Å². The second-order valence-corrected chi connectivity index (χ2v) is 8.39. The molecule has 1 aliphatic heterocycles. The minimum absolute atomic E-state index is 0.00837. The zero-order valence-corrected chi connectivity index (χ0v) is 18.8. The maximum atomic E-state index is 13.2. The summed E-state index contributed by atoms with van der Waals surface area (Å²) in [5, 5.41) is 6.11. The fraction of sp³-hybridized carbons (Fsp3) is 0.462. The van der Waals surface area contributed by atoms with Crippen LogP contribution in [0.1, 0.15) is 80.8 Å². The van der Waals surface area contributed by atoms with E-state index in [0.29, 0.717) is 17.7 Å². The molecule has 0 radical (unpaired) electrons. The molecular weight excluding hydrogens is 386 g/mol. The zero-order chi connectivity index (χ0) is 22.1. The van der Waals surface area contributed by atoms with E-state index in [9.17, 15) is 9.59 Å². The van der Waals surface area contributed by atoms with Crippen molar-refractivity contribution < 1.29 is 9.59 Å². The first-order chi connectivity index (χ1) is 15.1. The van der Waals surface area contributed by atoms with Gasteiger partial charge in [-0.15, -0.1) is 0 Å². The number of hydrogen-bond donors (Lipinski definition) is 2. The van der Waals surface area contributed by atoms with Crippen LogP contribution in [-0.4, -0.2) is 24.9 Å². The highest BCUT2D eigenvalue weighted by Gasteiger charge is 2.21. The normalized spacial score (nSPS) is 14.3. The summed E-state index contributed by atoms with van der Waals surface area (Å²) in [6.45, 7) is 6.06. The molecule has 2 aromatic rings. The van der Waals surface area contributed by atoms with Gasteiger partial charge in [-0.25, -0.2) is 0 Å². The van der Waals surface area contributed by atoms with Crippen LogP contribution in [0.2, 0.25) is 0 Å². The Kier molecular flexibility index (Phi) is 8.51. The van der Waals surface area contributed by atoms with Crippen molar-refractivity contribution in [1.29, 1.82) is 0 Å². The molecule has 3 rings (SSSR count). The molecule has 0 saturated carbocycles. The van der Waals surface area contributed by atoms with Crippen LogP contribution in [0.25, 0.3) is 0 Å². The van der Waals surface area contributed by atoms with E-state index in [1.807, 2.05) is 55.5 Å². The van der Waals surface area contributed by atoms with Crippen molar-refractivity contribution in [3.8, 4) is 0 Å². The number of benzene rings is 2. The number of amides is 2. The molecule has 166 valence electrons. The van der Waals surface area contributed by atoms with Crippen LogP contribution >= 0.6 is 0 Å². The van der Waals surface area contributed by atoms with Gasteiger partial charge in [-0.3, -0.25) is 9.59 Å². The van der Waals surface area contributed by atoms with E-state index in [-0.39, 0.29) is 17.9 Å². The lowest BCUT2D eigenvalue weighted by molar-refractivity contribution is -0.116. The number of carbonyl (C=O) groups excluding carboxylic acids is 2. The predicted molar refractivity (Wildman–Crippen MR) is 128 cm³/mol. The minimum Gasteiger partial charge on any atom is -0.371 e. The Morgan fingerprint density at radius 3 is 2.45 bits per heavy atom. The van der Waals surface area contributed by atoms with Gasteiger partial charge in [-0.1, -0.05) is 56.5 Å². The standard InChI is InChI=1S/C26H35N3O2/c1-3-4-5-9-14-25(30)28-22-15-16-24(29-17-10-11-18-29)23(19-22)26(31)27-20(2)21-12-7-6-8-13-21/h6-8,12-13,15-16,19-20H,3-5,9-11,14,17-18H2,1-2H3,(H,27,31)(H,28,30). The summed E-state index contributed by atoms with van der Waals surface area (Å²) in [5.41, 5.74) is 3.31. The van der Waals surface area contributed by atoms with E-state index in [1.54, 1.807) is 0 Å². The largest absolute Gasteiger partial charge is 0.371 e. The Morgan fingerprint density at radius 2 is 1.74 bits per heavy atom. The first-order valence-electron chi connectivity index (χ1n) is 11.6. The molecule has 0 aromatic heterocycles. The van der Waals surface area contributed by atoms with Gasteiger partial charge in [0.15, 0.2) is 0 Å². The van der Waals surface area contributed by atoms with Crippen LogP contribution in [0, 0.1) is 0 Å².